The average molecular weight is 467 g/mol. The van der Waals surface area contributed by atoms with Crippen molar-refractivity contribution in [3.05, 3.63) is 46.0 Å². The van der Waals surface area contributed by atoms with Crippen LogP contribution in [0.25, 0.3) is 22.1 Å². The van der Waals surface area contributed by atoms with E-state index in [9.17, 15) is 4.79 Å². The van der Waals surface area contributed by atoms with Crippen molar-refractivity contribution in [2.24, 2.45) is 0 Å². The number of esters is 1. The maximum absolute atomic E-state index is 11.9. The number of nitrogens with zero attached hydrogens (tertiary/aromatic N) is 4. The molecule has 4 heterocycles. The Morgan fingerprint density at radius 2 is 2.12 bits per heavy atom. The molecule has 0 aliphatic carbocycles. The largest absolute Gasteiger partial charge is 0.465 e. The van der Waals surface area contributed by atoms with Crippen LogP contribution >= 0.6 is 11.3 Å². The van der Waals surface area contributed by atoms with Crippen LogP contribution in [-0.2, 0) is 11.2 Å². The van der Waals surface area contributed by atoms with Crippen molar-refractivity contribution < 1.29 is 9.53 Å². The predicted octanol–water partition coefficient (Wildman–Crippen LogP) is 4.48. The fourth-order valence-corrected chi connectivity index (χ4v) is 4.49. The zero-order valence-electron chi connectivity index (χ0n) is 19.4. The molecule has 4 aromatic rings. The van der Waals surface area contributed by atoms with E-state index in [1.54, 1.807) is 17.4 Å². The Labute approximate surface area is 197 Å². The molecule has 174 valence electrons. The monoisotopic (exact) mass is 466 g/mol. The second kappa shape index (κ2) is 10.7. The molecule has 0 aliphatic rings. The Bertz CT molecular complexity index is 1220. The zero-order valence-corrected chi connectivity index (χ0v) is 20.2. The first-order valence-electron chi connectivity index (χ1n) is 11.3. The first-order valence-corrected chi connectivity index (χ1v) is 12.2. The maximum Gasteiger partial charge on any atom is 0.339 e. The number of nitrogens with one attached hydrogen (secondary N) is 2. The van der Waals surface area contributed by atoms with Gasteiger partial charge in [-0.25, -0.2) is 14.8 Å². The third-order valence-electron chi connectivity index (χ3n) is 5.60. The average Bonchev–Trinajstić information content (AvgIpc) is 3.46. The summed E-state index contributed by atoms with van der Waals surface area (Å²) in [4.78, 5) is 31.8. The van der Waals surface area contributed by atoms with Crippen LogP contribution in [0.5, 0.6) is 0 Å². The van der Waals surface area contributed by atoms with E-state index < -0.39 is 5.97 Å². The normalized spacial score (nSPS) is 11.5. The fraction of sp³-hybridized carbons (Fsp3) is 0.417. The lowest BCUT2D eigenvalue weighted by molar-refractivity contribution is 0.0600. The summed E-state index contributed by atoms with van der Waals surface area (Å²) in [7, 11) is 3.53. The Morgan fingerprint density at radius 1 is 1.27 bits per heavy atom. The molecule has 9 heteroatoms. The van der Waals surface area contributed by atoms with Gasteiger partial charge in [-0.15, -0.1) is 0 Å². The van der Waals surface area contributed by atoms with Crippen LogP contribution in [0.1, 0.15) is 47.9 Å². The number of methoxy groups -OCH3 is 1. The molecule has 0 aliphatic heterocycles. The Morgan fingerprint density at radius 3 is 2.88 bits per heavy atom. The quantitative estimate of drug-likeness (QED) is 0.248. The molecule has 0 bridgehead atoms. The van der Waals surface area contributed by atoms with E-state index in [4.69, 9.17) is 14.7 Å². The van der Waals surface area contributed by atoms with Crippen LogP contribution in [0, 0.1) is 0 Å². The fourth-order valence-electron chi connectivity index (χ4n) is 3.82. The molecular formula is C24H30N6O2S. The number of aromatic amines is 1. The van der Waals surface area contributed by atoms with E-state index in [0.29, 0.717) is 17.6 Å². The SMILES string of the molecule is CCCCN(C)CCCNc1nc(Cc2ccsc2)nc2[nH]c3cc(C(=O)OC)cnc3c12. The van der Waals surface area contributed by atoms with Crippen LogP contribution < -0.4 is 5.32 Å². The molecule has 2 N–H and O–H groups in total. The van der Waals surface area contributed by atoms with Crippen molar-refractivity contribution in [2.75, 3.05) is 39.1 Å². The number of carbonyl (C=O) groups excluding carboxylic acids is 1. The van der Waals surface area contributed by atoms with Gasteiger partial charge in [0.2, 0.25) is 0 Å². The summed E-state index contributed by atoms with van der Waals surface area (Å²) in [6.45, 7) is 5.16. The van der Waals surface area contributed by atoms with Crippen LogP contribution in [0.15, 0.2) is 29.1 Å². The molecule has 0 fully saturated rings. The number of unbranched alkanes of at least 4 members (excludes halogenated alkanes) is 1. The molecule has 0 amide bonds. The second-order valence-electron chi connectivity index (χ2n) is 8.19. The van der Waals surface area contributed by atoms with Gasteiger partial charge in [0.1, 0.15) is 22.8 Å². The van der Waals surface area contributed by atoms with Crippen LogP contribution in [0.3, 0.4) is 0 Å². The number of carbonyl (C=O) groups is 1. The molecule has 4 rings (SSSR count). The van der Waals surface area contributed by atoms with Gasteiger partial charge in [0, 0.05) is 19.2 Å². The number of hydrogen-bond acceptors (Lipinski definition) is 8. The summed E-state index contributed by atoms with van der Waals surface area (Å²) >= 11 is 1.66. The lowest BCUT2D eigenvalue weighted by atomic mass is 10.2. The summed E-state index contributed by atoms with van der Waals surface area (Å²) in [5.41, 5.74) is 3.76. The smallest absolute Gasteiger partial charge is 0.339 e. The predicted molar refractivity (Wildman–Crippen MR) is 133 cm³/mol. The summed E-state index contributed by atoms with van der Waals surface area (Å²) in [5.74, 6) is 1.09. The molecule has 0 aromatic carbocycles. The highest BCUT2D eigenvalue weighted by Gasteiger charge is 2.17. The Kier molecular flexibility index (Phi) is 7.51. The lowest BCUT2D eigenvalue weighted by Crippen LogP contribution is -2.22. The van der Waals surface area contributed by atoms with Crippen LogP contribution in [0.4, 0.5) is 5.82 Å². The van der Waals surface area contributed by atoms with Crippen molar-refractivity contribution >= 4 is 45.2 Å². The molecule has 33 heavy (non-hydrogen) atoms. The molecule has 0 spiro atoms. The molecule has 0 atom stereocenters. The second-order valence-corrected chi connectivity index (χ2v) is 8.97. The number of anilines is 1. The summed E-state index contributed by atoms with van der Waals surface area (Å²) in [6, 6.07) is 3.84. The number of ether oxygens (including phenoxy) is 1. The molecule has 0 radical (unpaired) electrons. The number of hydrogen-bond donors (Lipinski definition) is 2. The third-order valence-corrected chi connectivity index (χ3v) is 6.33. The number of fused-ring (bicyclic) bond motifs is 3. The number of H-pyrrole nitrogens is 1. The minimum atomic E-state index is -0.419. The lowest BCUT2D eigenvalue weighted by Gasteiger charge is -2.16. The van der Waals surface area contributed by atoms with E-state index in [1.165, 1.54) is 31.7 Å². The van der Waals surface area contributed by atoms with Gasteiger partial charge in [0.25, 0.3) is 0 Å². The molecule has 0 unspecified atom stereocenters. The van der Waals surface area contributed by atoms with E-state index in [-0.39, 0.29) is 0 Å². The van der Waals surface area contributed by atoms with Gasteiger partial charge in [-0.3, -0.25) is 4.98 Å². The van der Waals surface area contributed by atoms with Crippen LogP contribution in [-0.4, -0.2) is 64.6 Å². The standard InChI is InChI=1S/C24H30N6O2S/c1-4-5-9-30(2)10-6-8-25-22-20-21-18(13-17(14-26-21)24(31)32-3)27-23(20)29-19(28-22)12-16-7-11-33-15-16/h7,11,13-15H,4-6,8-10,12H2,1-3H3,(H2,25,27,28,29). The molecule has 8 nitrogen and oxygen atoms in total. The number of pyridine rings is 1. The van der Waals surface area contributed by atoms with Gasteiger partial charge in [0.05, 0.1) is 23.6 Å². The third kappa shape index (κ3) is 5.48. The summed E-state index contributed by atoms with van der Waals surface area (Å²) in [6.07, 6.45) is 5.63. The van der Waals surface area contributed by atoms with Gasteiger partial charge in [0.15, 0.2) is 0 Å². The van der Waals surface area contributed by atoms with Gasteiger partial charge in [-0.2, -0.15) is 11.3 Å². The minimum Gasteiger partial charge on any atom is -0.465 e. The first kappa shape index (κ1) is 23.1. The van der Waals surface area contributed by atoms with Crippen LogP contribution in [0.2, 0.25) is 0 Å². The van der Waals surface area contributed by atoms with Crippen molar-refractivity contribution in [2.45, 2.75) is 32.6 Å². The number of rotatable bonds is 11. The first-order chi connectivity index (χ1) is 16.1. The van der Waals surface area contributed by atoms with E-state index >= 15 is 0 Å². The molecule has 4 aromatic heterocycles. The van der Waals surface area contributed by atoms with E-state index in [2.05, 4.69) is 51.0 Å². The highest BCUT2D eigenvalue weighted by Crippen LogP contribution is 2.29. The van der Waals surface area contributed by atoms with Crippen molar-refractivity contribution in [3.63, 3.8) is 0 Å². The van der Waals surface area contributed by atoms with E-state index in [0.717, 1.165) is 54.1 Å². The van der Waals surface area contributed by atoms with Crippen molar-refractivity contribution in [1.29, 1.82) is 0 Å². The molecular weight excluding hydrogens is 436 g/mol. The summed E-state index contributed by atoms with van der Waals surface area (Å²) in [5, 5.41) is 8.53. The maximum atomic E-state index is 11.9. The van der Waals surface area contributed by atoms with E-state index in [1.807, 2.05) is 0 Å². The zero-order chi connectivity index (χ0) is 23.2. The number of thiophene rings is 1. The Hall–Kier alpha value is -3.04. The van der Waals surface area contributed by atoms with Gasteiger partial charge in [-0.1, -0.05) is 13.3 Å². The molecule has 0 saturated heterocycles. The van der Waals surface area contributed by atoms with Crippen molar-refractivity contribution in [3.8, 4) is 0 Å². The van der Waals surface area contributed by atoms with Gasteiger partial charge < -0.3 is 19.9 Å². The van der Waals surface area contributed by atoms with Gasteiger partial charge >= 0.3 is 5.97 Å². The summed E-state index contributed by atoms with van der Waals surface area (Å²) < 4.78 is 4.83. The number of aromatic nitrogens is 4. The highest BCUT2D eigenvalue weighted by atomic mass is 32.1. The molecule has 0 saturated carbocycles. The van der Waals surface area contributed by atoms with Crippen molar-refractivity contribution in [1.82, 2.24) is 24.8 Å². The Balaban J connectivity index is 1.63. The van der Waals surface area contributed by atoms with Gasteiger partial charge in [-0.05, 0) is 61.4 Å². The topological polar surface area (TPSA) is 96.0 Å². The highest BCUT2D eigenvalue weighted by molar-refractivity contribution is 7.07. The minimum absolute atomic E-state index is 0.396.